The van der Waals surface area contributed by atoms with Gasteiger partial charge in [0.05, 0.1) is 11.3 Å². The molecule has 0 bridgehead atoms. The van der Waals surface area contributed by atoms with Crippen LogP contribution in [0.3, 0.4) is 0 Å². The van der Waals surface area contributed by atoms with Crippen molar-refractivity contribution in [3.05, 3.63) is 58.9 Å². The predicted octanol–water partition coefficient (Wildman–Crippen LogP) is 3.81. The number of hydrogen-bond donors (Lipinski definition) is 0. The van der Waals surface area contributed by atoms with Crippen LogP contribution in [0.2, 0.25) is 0 Å². The van der Waals surface area contributed by atoms with Gasteiger partial charge in [0.25, 0.3) is 0 Å². The largest absolute Gasteiger partial charge is 0.416 e. The monoisotopic (exact) mass is 485 g/mol. The van der Waals surface area contributed by atoms with E-state index in [0.717, 1.165) is 61.6 Å². The number of rotatable bonds is 4. The molecule has 1 aromatic heterocycles. The van der Waals surface area contributed by atoms with Crippen molar-refractivity contribution in [2.45, 2.75) is 44.3 Å². The Morgan fingerprint density at radius 3 is 2.34 bits per heavy atom. The molecule has 1 saturated carbocycles. The SMILES string of the molecule is O=C(/C=C/c1ccc(C(F)(F)F)cc1)N1CCc2cnc(N3CCN(C4CCC4)CC3)nc2CC1. The minimum Gasteiger partial charge on any atom is -0.338 e. The van der Waals surface area contributed by atoms with Crippen LogP contribution in [0.25, 0.3) is 6.08 Å². The number of halogens is 3. The topological polar surface area (TPSA) is 52.6 Å². The number of carbonyl (C=O) groups is 1. The first-order valence-corrected chi connectivity index (χ1v) is 12.3. The molecule has 3 heterocycles. The molecular weight excluding hydrogens is 455 g/mol. The van der Waals surface area contributed by atoms with Gasteiger partial charge in [-0.2, -0.15) is 13.2 Å². The average molecular weight is 486 g/mol. The summed E-state index contributed by atoms with van der Waals surface area (Å²) in [6.07, 6.45) is 5.86. The molecule has 5 rings (SSSR count). The van der Waals surface area contributed by atoms with Crippen molar-refractivity contribution in [1.29, 1.82) is 0 Å². The third-order valence-electron chi connectivity index (χ3n) is 7.37. The van der Waals surface area contributed by atoms with Gasteiger partial charge in [0.1, 0.15) is 0 Å². The first kappa shape index (κ1) is 23.8. The number of anilines is 1. The Morgan fingerprint density at radius 1 is 0.971 bits per heavy atom. The minimum absolute atomic E-state index is 0.155. The van der Waals surface area contributed by atoms with Crippen molar-refractivity contribution in [2.24, 2.45) is 0 Å². The molecule has 2 fully saturated rings. The van der Waals surface area contributed by atoms with E-state index in [9.17, 15) is 18.0 Å². The van der Waals surface area contributed by atoms with Gasteiger partial charge in [0.2, 0.25) is 11.9 Å². The average Bonchev–Trinajstić information content (AvgIpc) is 3.04. The van der Waals surface area contributed by atoms with E-state index >= 15 is 0 Å². The number of aromatic nitrogens is 2. The molecule has 0 atom stereocenters. The molecule has 0 spiro atoms. The Balaban J connectivity index is 1.17. The molecule has 0 radical (unpaired) electrons. The summed E-state index contributed by atoms with van der Waals surface area (Å²) >= 11 is 0. The number of nitrogens with zero attached hydrogens (tertiary/aromatic N) is 5. The van der Waals surface area contributed by atoms with Crippen LogP contribution in [0, 0.1) is 0 Å². The summed E-state index contributed by atoms with van der Waals surface area (Å²) in [4.78, 5) is 28.8. The Kier molecular flexibility index (Phi) is 6.77. The molecule has 1 saturated heterocycles. The zero-order chi connectivity index (χ0) is 24.4. The first-order valence-electron chi connectivity index (χ1n) is 12.3. The normalized spacial score (nSPS) is 20.0. The molecule has 186 valence electrons. The van der Waals surface area contributed by atoms with E-state index in [-0.39, 0.29) is 5.91 Å². The first-order chi connectivity index (χ1) is 16.9. The van der Waals surface area contributed by atoms with Gasteiger partial charge in [-0.3, -0.25) is 9.69 Å². The number of carbonyl (C=O) groups excluding carboxylic acids is 1. The van der Waals surface area contributed by atoms with Gasteiger partial charge >= 0.3 is 6.18 Å². The quantitative estimate of drug-likeness (QED) is 0.617. The van der Waals surface area contributed by atoms with Gasteiger partial charge in [-0.15, -0.1) is 0 Å². The predicted molar refractivity (Wildman–Crippen MR) is 128 cm³/mol. The number of fused-ring (bicyclic) bond motifs is 1. The summed E-state index contributed by atoms with van der Waals surface area (Å²) in [6.45, 7) is 5.10. The Hall–Kier alpha value is -2.94. The van der Waals surface area contributed by atoms with Crippen molar-refractivity contribution in [2.75, 3.05) is 44.2 Å². The Bertz CT molecular complexity index is 1070. The molecule has 9 heteroatoms. The van der Waals surface area contributed by atoms with Gasteiger partial charge in [0, 0.05) is 64.0 Å². The van der Waals surface area contributed by atoms with Gasteiger partial charge in [-0.1, -0.05) is 18.6 Å². The smallest absolute Gasteiger partial charge is 0.338 e. The molecular formula is C26H30F3N5O. The zero-order valence-electron chi connectivity index (χ0n) is 19.7. The fourth-order valence-electron chi connectivity index (χ4n) is 4.93. The lowest BCUT2D eigenvalue weighted by Gasteiger charge is -2.43. The van der Waals surface area contributed by atoms with Crippen LogP contribution in [-0.2, 0) is 23.8 Å². The number of benzene rings is 1. The Labute approximate surface area is 203 Å². The molecule has 6 nitrogen and oxygen atoms in total. The summed E-state index contributed by atoms with van der Waals surface area (Å²) in [5, 5.41) is 0. The highest BCUT2D eigenvalue weighted by Gasteiger charge is 2.30. The van der Waals surface area contributed by atoms with Crippen molar-refractivity contribution in [3.63, 3.8) is 0 Å². The molecule has 35 heavy (non-hydrogen) atoms. The van der Waals surface area contributed by atoms with E-state index in [4.69, 9.17) is 4.98 Å². The summed E-state index contributed by atoms with van der Waals surface area (Å²) in [5.74, 6) is 0.622. The Morgan fingerprint density at radius 2 is 1.69 bits per heavy atom. The molecule has 1 amide bonds. The summed E-state index contributed by atoms with van der Waals surface area (Å²) in [5.41, 5.74) is 1.92. The van der Waals surface area contributed by atoms with E-state index in [1.54, 1.807) is 11.0 Å². The zero-order valence-corrected chi connectivity index (χ0v) is 19.7. The molecule has 3 aliphatic rings. The highest BCUT2D eigenvalue weighted by Crippen LogP contribution is 2.29. The van der Waals surface area contributed by atoms with Gasteiger partial charge in [-0.05, 0) is 48.6 Å². The second kappa shape index (κ2) is 9.97. The van der Waals surface area contributed by atoms with Crippen LogP contribution >= 0.6 is 0 Å². The van der Waals surface area contributed by atoms with Crippen LogP contribution in [0.4, 0.5) is 19.1 Å². The molecule has 0 unspecified atom stereocenters. The van der Waals surface area contributed by atoms with Crippen molar-refractivity contribution in [1.82, 2.24) is 19.8 Å². The highest BCUT2D eigenvalue weighted by molar-refractivity contribution is 5.91. The maximum atomic E-state index is 12.7. The van der Waals surface area contributed by atoms with Crippen LogP contribution in [0.15, 0.2) is 36.5 Å². The molecule has 1 aliphatic carbocycles. The molecule has 0 N–H and O–H groups in total. The van der Waals surface area contributed by atoms with Crippen LogP contribution < -0.4 is 4.90 Å². The number of amides is 1. The van der Waals surface area contributed by atoms with Crippen LogP contribution in [0.5, 0.6) is 0 Å². The van der Waals surface area contributed by atoms with E-state index in [2.05, 4.69) is 14.8 Å². The second-order valence-electron chi connectivity index (χ2n) is 9.53. The van der Waals surface area contributed by atoms with E-state index < -0.39 is 11.7 Å². The fourth-order valence-corrected chi connectivity index (χ4v) is 4.93. The van der Waals surface area contributed by atoms with E-state index in [1.165, 1.54) is 37.5 Å². The lowest BCUT2D eigenvalue weighted by Crippen LogP contribution is -2.52. The second-order valence-corrected chi connectivity index (χ2v) is 9.53. The molecule has 2 aromatic rings. The number of piperazine rings is 1. The lowest BCUT2D eigenvalue weighted by molar-refractivity contribution is -0.137. The van der Waals surface area contributed by atoms with Gasteiger partial charge in [0.15, 0.2) is 0 Å². The van der Waals surface area contributed by atoms with Crippen LogP contribution in [0.1, 0.15) is 41.6 Å². The van der Waals surface area contributed by atoms with E-state index in [1.807, 2.05) is 6.20 Å². The fraction of sp³-hybridized carbons (Fsp3) is 0.500. The van der Waals surface area contributed by atoms with Crippen molar-refractivity contribution < 1.29 is 18.0 Å². The summed E-state index contributed by atoms with van der Waals surface area (Å²) < 4.78 is 38.2. The number of hydrogen-bond acceptors (Lipinski definition) is 5. The maximum Gasteiger partial charge on any atom is 0.416 e. The van der Waals surface area contributed by atoms with Crippen LogP contribution in [-0.4, -0.2) is 71.0 Å². The molecule has 1 aromatic carbocycles. The van der Waals surface area contributed by atoms with Crippen molar-refractivity contribution in [3.8, 4) is 0 Å². The number of alkyl halides is 3. The third kappa shape index (κ3) is 5.50. The minimum atomic E-state index is -4.37. The van der Waals surface area contributed by atoms with Gasteiger partial charge < -0.3 is 9.80 Å². The van der Waals surface area contributed by atoms with Gasteiger partial charge in [-0.25, -0.2) is 9.97 Å². The molecule has 2 aliphatic heterocycles. The standard InChI is InChI=1S/C26H30F3N5O/c27-26(28,29)21-7-4-19(5-8-21)6-9-24(35)33-12-10-20-18-30-25(31-23(20)11-13-33)34-16-14-32(15-17-34)22-2-1-3-22/h4-9,18,22H,1-3,10-17H2/b9-6+. The lowest BCUT2D eigenvalue weighted by atomic mass is 9.91. The highest BCUT2D eigenvalue weighted by atomic mass is 19.4. The van der Waals surface area contributed by atoms with Crippen molar-refractivity contribution >= 4 is 17.9 Å². The summed E-state index contributed by atoms with van der Waals surface area (Å²) in [6, 6.07) is 5.55. The van der Waals surface area contributed by atoms with E-state index in [0.29, 0.717) is 31.5 Å². The summed E-state index contributed by atoms with van der Waals surface area (Å²) in [7, 11) is 0. The third-order valence-corrected chi connectivity index (χ3v) is 7.37. The maximum absolute atomic E-state index is 12.7.